The number of H-pyrrole nitrogens is 1. The van der Waals surface area contributed by atoms with Gasteiger partial charge in [-0.2, -0.15) is 0 Å². The molecule has 3 aromatic rings. The van der Waals surface area contributed by atoms with Gasteiger partial charge in [-0.15, -0.1) is 0 Å². The number of aromatic amines is 1. The first-order chi connectivity index (χ1) is 16.8. The van der Waals surface area contributed by atoms with Crippen molar-refractivity contribution in [2.24, 2.45) is 11.3 Å². The van der Waals surface area contributed by atoms with Gasteiger partial charge in [-0.1, -0.05) is 26.0 Å². The van der Waals surface area contributed by atoms with Crippen LogP contribution in [0.25, 0.3) is 10.9 Å². The Morgan fingerprint density at radius 2 is 1.97 bits per heavy atom. The summed E-state index contributed by atoms with van der Waals surface area (Å²) in [5.74, 6) is 0.668. The molecule has 0 radical (unpaired) electrons. The van der Waals surface area contributed by atoms with E-state index < -0.39 is 5.97 Å². The number of rotatable bonds is 8. The zero-order valence-electron chi connectivity index (χ0n) is 21.1. The predicted octanol–water partition coefficient (Wildman–Crippen LogP) is 5.95. The first kappa shape index (κ1) is 23.9. The lowest BCUT2D eigenvalue weighted by atomic mass is 9.91. The summed E-state index contributed by atoms with van der Waals surface area (Å²) in [5.41, 5.74) is 5.35. The van der Waals surface area contributed by atoms with Crippen molar-refractivity contribution in [2.75, 3.05) is 20.3 Å². The summed E-state index contributed by atoms with van der Waals surface area (Å²) >= 11 is 0. The summed E-state index contributed by atoms with van der Waals surface area (Å²) in [6, 6.07) is 11.7. The smallest absolute Gasteiger partial charge is 0.335 e. The number of benzene rings is 2. The maximum Gasteiger partial charge on any atom is 0.335 e. The Labute approximate surface area is 207 Å². The minimum atomic E-state index is -0.899. The summed E-state index contributed by atoms with van der Waals surface area (Å²) in [7, 11) is 1.73. The van der Waals surface area contributed by atoms with Crippen LogP contribution in [0.15, 0.2) is 42.6 Å². The zero-order chi connectivity index (χ0) is 24.7. The molecule has 2 aromatic carbocycles. The van der Waals surface area contributed by atoms with Crippen LogP contribution in [0, 0.1) is 18.3 Å². The maximum absolute atomic E-state index is 11.4. The standard InChI is InChI=1S/C29H36N2O4/c1-18-13-26(34-4)24(23-9-11-30-27(18)23)16-31-12-10-22(35-17-21-15-29(21,2)3)14-25(31)19-5-7-20(8-6-19)28(32)33/h5-9,11,13,21-22,25,30H,10,12,14-17H2,1-4H3,(H,32,33)/t21?,22-,25-/m1/s1. The number of hydrogen-bond donors (Lipinski definition) is 2. The number of likely N-dealkylation sites (tertiary alicyclic amines) is 1. The van der Waals surface area contributed by atoms with Crippen LogP contribution < -0.4 is 4.74 Å². The van der Waals surface area contributed by atoms with E-state index in [2.05, 4.69) is 42.8 Å². The topological polar surface area (TPSA) is 74.8 Å². The van der Waals surface area contributed by atoms with Crippen molar-refractivity contribution in [2.45, 2.75) is 58.7 Å². The number of ether oxygens (including phenoxy) is 2. The zero-order valence-corrected chi connectivity index (χ0v) is 21.1. The Morgan fingerprint density at radius 3 is 2.63 bits per heavy atom. The number of aryl methyl sites for hydroxylation is 1. The maximum atomic E-state index is 11.4. The molecule has 2 aliphatic rings. The SMILES string of the molecule is COc1cc(C)c2[nH]ccc2c1CN1CC[C@@H](OCC2CC2(C)C)C[C@@H]1c1ccc(C(=O)O)cc1. The number of carboxylic acid groups (broad SMARTS) is 1. The number of hydrogen-bond acceptors (Lipinski definition) is 4. The first-order valence-electron chi connectivity index (χ1n) is 12.6. The van der Waals surface area contributed by atoms with Crippen LogP contribution in [-0.2, 0) is 11.3 Å². The molecule has 0 amide bonds. The molecule has 6 nitrogen and oxygen atoms in total. The van der Waals surface area contributed by atoms with Crippen LogP contribution in [0.3, 0.4) is 0 Å². The number of piperidine rings is 1. The molecule has 1 unspecified atom stereocenters. The minimum Gasteiger partial charge on any atom is -0.496 e. The lowest BCUT2D eigenvalue weighted by Gasteiger charge is -2.40. The second kappa shape index (κ2) is 9.32. The number of nitrogens with zero attached hydrogens (tertiary/aromatic N) is 1. The molecule has 0 bridgehead atoms. The van der Waals surface area contributed by atoms with E-state index in [1.807, 2.05) is 18.3 Å². The van der Waals surface area contributed by atoms with Gasteiger partial charge in [0, 0.05) is 41.8 Å². The third-order valence-corrected chi connectivity index (χ3v) is 8.15. The van der Waals surface area contributed by atoms with Crippen molar-refractivity contribution in [1.82, 2.24) is 9.88 Å². The van der Waals surface area contributed by atoms with Crippen LogP contribution >= 0.6 is 0 Å². The highest BCUT2D eigenvalue weighted by Gasteiger charge is 2.46. The molecule has 35 heavy (non-hydrogen) atoms. The molecular weight excluding hydrogens is 440 g/mol. The second-order valence-electron chi connectivity index (χ2n) is 10.9. The fourth-order valence-corrected chi connectivity index (χ4v) is 5.61. The molecule has 0 spiro atoms. The van der Waals surface area contributed by atoms with Crippen molar-refractivity contribution >= 4 is 16.9 Å². The molecular formula is C29H36N2O4. The number of methoxy groups -OCH3 is 1. The van der Waals surface area contributed by atoms with Gasteiger partial charge in [0.05, 0.1) is 25.4 Å². The van der Waals surface area contributed by atoms with E-state index in [9.17, 15) is 9.90 Å². The molecule has 1 saturated carbocycles. The van der Waals surface area contributed by atoms with Gasteiger partial charge >= 0.3 is 5.97 Å². The largest absolute Gasteiger partial charge is 0.496 e. The van der Waals surface area contributed by atoms with Gasteiger partial charge in [0.1, 0.15) is 5.75 Å². The average Bonchev–Trinajstić information content (AvgIpc) is 3.20. The molecule has 1 aliphatic carbocycles. The molecule has 1 aliphatic heterocycles. The number of fused-ring (bicyclic) bond motifs is 1. The van der Waals surface area contributed by atoms with Crippen molar-refractivity contribution in [1.29, 1.82) is 0 Å². The Hall–Kier alpha value is -2.83. The molecule has 5 rings (SSSR count). The van der Waals surface area contributed by atoms with E-state index >= 15 is 0 Å². The first-order valence-corrected chi connectivity index (χ1v) is 12.6. The highest BCUT2D eigenvalue weighted by Crippen LogP contribution is 2.52. The van der Waals surface area contributed by atoms with Crippen LogP contribution in [0.5, 0.6) is 5.75 Å². The molecule has 1 saturated heterocycles. The number of nitrogens with one attached hydrogen (secondary N) is 1. The lowest BCUT2D eigenvalue weighted by Crippen LogP contribution is -2.39. The number of aromatic nitrogens is 1. The van der Waals surface area contributed by atoms with Crippen molar-refractivity contribution < 1.29 is 19.4 Å². The predicted molar refractivity (Wildman–Crippen MR) is 137 cm³/mol. The van der Waals surface area contributed by atoms with Crippen molar-refractivity contribution in [3.63, 3.8) is 0 Å². The van der Waals surface area contributed by atoms with Gasteiger partial charge in [0.2, 0.25) is 0 Å². The van der Waals surface area contributed by atoms with Crippen molar-refractivity contribution in [3.05, 3.63) is 64.8 Å². The van der Waals surface area contributed by atoms with Gasteiger partial charge in [-0.3, -0.25) is 4.90 Å². The van der Waals surface area contributed by atoms with E-state index in [1.54, 1.807) is 19.2 Å². The monoisotopic (exact) mass is 476 g/mol. The molecule has 6 heteroatoms. The molecule has 2 heterocycles. The van der Waals surface area contributed by atoms with E-state index in [1.165, 1.54) is 22.9 Å². The number of carboxylic acids is 1. The Kier molecular flexibility index (Phi) is 6.36. The quantitative estimate of drug-likeness (QED) is 0.420. The molecule has 186 valence electrons. The molecule has 1 aromatic heterocycles. The van der Waals surface area contributed by atoms with Crippen LogP contribution in [0.2, 0.25) is 0 Å². The highest BCUT2D eigenvalue weighted by molar-refractivity contribution is 5.88. The summed E-state index contributed by atoms with van der Waals surface area (Å²) in [6.45, 7) is 9.22. The molecule has 3 atom stereocenters. The van der Waals surface area contributed by atoms with Crippen LogP contribution in [-0.4, -0.2) is 47.3 Å². The Balaban J connectivity index is 1.41. The second-order valence-corrected chi connectivity index (χ2v) is 10.9. The summed E-state index contributed by atoms with van der Waals surface area (Å²) in [6.07, 6.45) is 5.32. The van der Waals surface area contributed by atoms with Gasteiger partial charge in [0.15, 0.2) is 0 Å². The fourth-order valence-electron chi connectivity index (χ4n) is 5.61. The van der Waals surface area contributed by atoms with Gasteiger partial charge in [-0.05, 0) is 72.9 Å². The van der Waals surface area contributed by atoms with E-state index in [4.69, 9.17) is 9.47 Å². The van der Waals surface area contributed by atoms with Crippen molar-refractivity contribution in [3.8, 4) is 5.75 Å². The number of aromatic carboxylic acids is 1. The molecule has 2 N–H and O–H groups in total. The van der Waals surface area contributed by atoms with Crippen LogP contribution in [0.4, 0.5) is 0 Å². The third kappa shape index (κ3) is 4.82. The highest BCUT2D eigenvalue weighted by atomic mass is 16.5. The van der Waals surface area contributed by atoms with E-state index in [-0.39, 0.29) is 12.1 Å². The average molecular weight is 477 g/mol. The van der Waals surface area contributed by atoms with Crippen LogP contribution in [0.1, 0.15) is 66.2 Å². The Morgan fingerprint density at radius 1 is 1.23 bits per heavy atom. The van der Waals surface area contributed by atoms with Gasteiger partial charge < -0.3 is 19.6 Å². The third-order valence-electron chi connectivity index (χ3n) is 8.15. The normalized spacial score (nSPS) is 23.9. The summed E-state index contributed by atoms with van der Waals surface area (Å²) in [5, 5.41) is 10.5. The minimum absolute atomic E-state index is 0.142. The lowest BCUT2D eigenvalue weighted by molar-refractivity contribution is -0.0254. The Bertz CT molecular complexity index is 1210. The van der Waals surface area contributed by atoms with E-state index in [0.29, 0.717) is 16.9 Å². The summed E-state index contributed by atoms with van der Waals surface area (Å²) in [4.78, 5) is 17.3. The van der Waals surface area contributed by atoms with Gasteiger partial charge in [0.25, 0.3) is 0 Å². The molecule has 2 fully saturated rings. The van der Waals surface area contributed by atoms with E-state index in [0.717, 1.165) is 49.4 Å². The number of carbonyl (C=O) groups is 1. The fraction of sp³-hybridized carbons (Fsp3) is 0.483. The summed E-state index contributed by atoms with van der Waals surface area (Å²) < 4.78 is 12.2. The van der Waals surface area contributed by atoms with Gasteiger partial charge in [-0.25, -0.2) is 4.79 Å².